The van der Waals surface area contributed by atoms with E-state index in [0.717, 1.165) is 41.8 Å². The van der Waals surface area contributed by atoms with Crippen molar-refractivity contribution in [2.45, 2.75) is 26.2 Å². The summed E-state index contributed by atoms with van der Waals surface area (Å²) in [5.74, 6) is 0. The van der Waals surface area contributed by atoms with Crippen molar-refractivity contribution in [2.24, 2.45) is 0 Å². The van der Waals surface area contributed by atoms with Gasteiger partial charge in [0.15, 0.2) is 0 Å². The van der Waals surface area contributed by atoms with E-state index in [1.807, 2.05) is 30.3 Å². The van der Waals surface area contributed by atoms with Crippen molar-refractivity contribution in [1.82, 2.24) is 0 Å². The Labute approximate surface area is 109 Å². The fourth-order valence-corrected chi connectivity index (χ4v) is 2.25. The van der Waals surface area contributed by atoms with Crippen LogP contribution in [0.3, 0.4) is 0 Å². The second-order valence-electron chi connectivity index (χ2n) is 4.57. The molecule has 0 saturated carbocycles. The molecule has 0 unspecified atom stereocenters. The molecule has 0 aliphatic rings. The highest BCUT2D eigenvalue weighted by Gasteiger charge is 2.11. The van der Waals surface area contributed by atoms with Crippen molar-refractivity contribution < 1.29 is 0 Å². The summed E-state index contributed by atoms with van der Waals surface area (Å²) in [6.07, 6.45) is 3.27. The Morgan fingerprint density at radius 2 is 1.56 bits per heavy atom. The van der Waals surface area contributed by atoms with Crippen LogP contribution in [0.25, 0.3) is 11.1 Å². The molecule has 18 heavy (non-hydrogen) atoms. The molecule has 2 aromatic carbocycles. The average Bonchev–Trinajstić information content (AvgIpc) is 2.40. The van der Waals surface area contributed by atoms with Gasteiger partial charge in [0.25, 0.3) is 0 Å². The Bertz CT molecular complexity index is 518. The summed E-state index contributed by atoms with van der Waals surface area (Å²) in [6.45, 7) is 2.19. The molecule has 0 amide bonds. The zero-order chi connectivity index (χ0) is 13.0. The van der Waals surface area contributed by atoms with Crippen molar-refractivity contribution in [3.63, 3.8) is 0 Å². The number of anilines is 2. The van der Waals surface area contributed by atoms with Crippen molar-refractivity contribution in [3.05, 3.63) is 48.0 Å². The molecule has 2 aromatic rings. The number of rotatable bonds is 4. The first-order chi connectivity index (χ1) is 8.74. The lowest BCUT2D eigenvalue weighted by molar-refractivity contribution is 0.798. The minimum Gasteiger partial charge on any atom is -0.398 e. The Balaban J connectivity index is 2.53. The van der Waals surface area contributed by atoms with E-state index in [0.29, 0.717) is 0 Å². The lowest BCUT2D eigenvalue weighted by atomic mass is 9.93. The van der Waals surface area contributed by atoms with Crippen LogP contribution in [0.2, 0.25) is 0 Å². The van der Waals surface area contributed by atoms with Gasteiger partial charge in [0.1, 0.15) is 0 Å². The van der Waals surface area contributed by atoms with Gasteiger partial charge in [0.2, 0.25) is 0 Å². The quantitative estimate of drug-likeness (QED) is 0.797. The van der Waals surface area contributed by atoms with E-state index in [4.69, 9.17) is 11.5 Å². The van der Waals surface area contributed by atoms with E-state index in [1.165, 1.54) is 5.56 Å². The maximum atomic E-state index is 6.14. The summed E-state index contributed by atoms with van der Waals surface area (Å²) in [6, 6.07) is 14.0. The minimum atomic E-state index is 0.807. The Morgan fingerprint density at radius 3 is 2.22 bits per heavy atom. The van der Waals surface area contributed by atoms with Crippen LogP contribution < -0.4 is 11.5 Å². The fraction of sp³-hybridized carbons (Fsp3) is 0.250. The van der Waals surface area contributed by atoms with Gasteiger partial charge in [0, 0.05) is 16.9 Å². The van der Waals surface area contributed by atoms with Crippen LogP contribution in [0.15, 0.2) is 42.5 Å². The van der Waals surface area contributed by atoms with Crippen molar-refractivity contribution in [1.29, 1.82) is 0 Å². The molecule has 4 N–H and O–H groups in total. The first-order valence-corrected chi connectivity index (χ1v) is 6.46. The van der Waals surface area contributed by atoms with Gasteiger partial charge in [-0.15, -0.1) is 0 Å². The number of hydrogen-bond donors (Lipinski definition) is 2. The zero-order valence-electron chi connectivity index (χ0n) is 10.8. The molecule has 0 atom stereocenters. The molecular formula is C16H20N2. The van der Waals surface area contributed by atoms with Gasteiger partial charge >= 0.3 is 0 Å². The molecule has 0 spiro atoms. The Hall–Kier alpha value is -1.96. The van der Waals surface area contributed by atoms with Crippen molar-refractivity contribution in [3.8, 4) is 11.1 Å². The lowest BCUT2D eigenvalue weighted by Gasteiger charge is -2.15. The molecule has 2 heteroatoms. The van der Waals surface area contributed by atoms with Gasteiger partial charge in [-0.3, -0.25) is 0 Å². The first kappa shape index (κ1) is 12.5. The van der Waals surface area contributed by atoms with Crippen LogP contribution in [0.5, 0.6) is 0 Å². The monoisotopic (exact) mass is 240 g/mol. The molecule has 0 fully saturated rings. The van der Waals surface area contributed by atoms with E-state index in [1.54, 1.807) is 0 Å². The molecule has 2 nitrogen and oxygen atoms in total. The molecule has 0 bridgehead atoms. The predicted molar refractivity (Wildman–Crippen MR) is 79.3 cm³/mol. The smallest absolute Gasteiger partial charge is 0.0398 e. The highest BCUT2D eigenvalue weighted by Crippen LogP contribution is 2.34. The predicted octanol–water partition coefficient (Wildman–Crippen LogP) is 3.86. The van der Waals surface area contributed by atoms with E-state index < -0.39 is 0 Å². The second kappa shape index (κ2) is 5.58. The molecule has 0 aromatic heterocycles. The number of nitrogen functional groups attached to an aromatic ring is 2. The molecule has 0 radical (unpaired) electrons. The third-order valence-electron chi connectivity index (χ3n) is 3.22. The average molecular weight is 240 g/mol. The van der Waals surface area contributed by atoms with E-state index >= 15 is 0 Å². The Kier molecular flexibility index (Phi) is 3.88. The molecule has 0 saturated heterocycles. The summed E-state index contributed by atoms with van der Waals surface area (Å²) in [5, 5.41) is 0. The third kappa shape index (κ3) is 2.48. The van der Waals surface area contributed by atoms with Gasteiger partial charge in [-0.25, -0.2) is 0 Å². The summed E-state index contributed by atoms with van der Waals surface area (Å²) < 4.78 is 0. The number of hydrogen-bond acceptors (Lipinski definition) is 2. The summed E-state index contributed by atoms with van der Waals surface area (Å²) in [7, 11) is 0. The third-order valence-corrected chi connectivity index (χ3v) is 3.22. The molecule has 0 aliphatic carbocycles. The maximum Gasteiger partial charge on any atom is 0.0398 e. The van der Waals surface area contributed by atoms with Gasteiger partial charge in [-0.2, -0.15) is 0 Å². The van der Waals surface area contributed by atoms with Crippen LogP contribution >= 0.6 is 0 Å². The van der Waals surface area contributed by atoms with Gasteiger partial charge in [-0.1, -0.05) is 43.7 Å². The molecule has 2 rings (SSSR count). The largest absolute Gasteiger partial charge is 0.398 e. The minimum absolute atomic E-state index is 0.807. The number of nitrogens with two attached hydrogens (primary N) is 2. The zero-order valence-corrected chi connectivity index (χ0v) is 10.8. The first-order valence-electron chi connectivity index (χ1n) is 6.46. The van der Waals surface area contributed by atoms with Crippen molar-refractivity contribution in [2.75, 3.05) is 11.5 Å². The normalized spacial score (nSPS) is 10.5. The van der Waals surface area contributed by atoms with Crippen LogP contribution in [-0.4, -0.2) is 0 Å². The van der Waals surface area contributed by atoms with E-state index in [9.17, 15) is 0 Å². The molecular weight excluding hydrogens is 220 g/mol. The Morgan fingerprint density at radius 1 is 0.889 bits per heavy atom. The topological polar surface area (TPSA) is 52.0 Å². The van der Waals surface area contributed by atoms with Gasteiger partial charge in [0.05, 0.1) is 0 Å². The SMILES string of the molecule is CCCCc1c(N)ccc(N)c1-c1ccccc1. The highest BCUT2D eigenvalue weighted by atomic mass is 14.6. The second-order valence-corrected chi connectivity index (χ2v) is 4.57. The maximum absolute atomic E-state index is 6.14. The highest BCUT2D eigenvalue weighted by molar-refractivity contribution is 5.83. The summed E-state index contributed by atoms with van der Waals surface area (Å²) >= 11 is 0. The van der Waals surface area contributed by atoms with Crippen LogP contribution in [-0.2, 0) is 6.42 Å². The van der Waals surface area contributed by atoms with E-state index in [-0.39, 0.29) is 0 Å². The fourth-order valence-electron chi connectivity index (χ4n) is 2.25. The van der Waals surface area contributed by atoms with Gasteiger partial charge < -0.3 is 11.5 Å². The molecule has 0 aliphatic heterocycles. The van der Waals surface area contributed by atoms with E-state index in [2.05, 4.69) is 19.1 Å². The number of unbranched alkanes of at least 4 members (excludes halogenated alkanes) is 1. The number of benzene rings is 2. The van der Waals surface area contributed by atoms with Gasteiger partial charge in [-0.05, 0) is 36.1 Å². The summed E-state index contributed by atoms with van der Waals surface area (Å²) in [4.78, 5) is 0. The molecule has 94 valence electrons. The molecule has 0 heterocycles. The van der Waals surface area contributed by atoms with Crippen LogP contribution in [0.1, 0.15) is 25.3 Å². The lowest BCUT2D eigenvalue weighted by Crippen LogP contribution is -2.01. The van der Waals surface area contributed by atoms with Crippen molar-refractivity contribution >= 4 is 11.4 Å². The van der Waals surface area contributed by atoms with Crippen LogP contribution in [0.4, 0.5) is 11.4 Å². The summed E-state index contributed by atoms with van der Waals surface area (Å²) in [5.41, 5.74) is 17.3. The van der Waals surface area contributed by atoms with Crippen LogP contribution in [0, 0.1) is 0 Å². The standard InChI is InChI=1S/C16H20N2/c1-2-3-9-13-14(17)10-11-15(18)16(13)12-7-5-4-6-8-12/h4-8,10-11H,2-3,9,17-18H2,1H3.